The van der Waals surface area contributed by atoms with Crippen LogP contribution < -0.4 is 0 Å². The average Bonchev–Trinajstić information content (AvgIpc) is 2.98. The molecule has 0 amide bonds. The van der Waals surface area contributed by atoms with Gasteiger partial charge in [-0.2, -0.15) is 0 Å². The van der Waals surface area contributed by atoms with Gasteiger partial charge in [-0.15, -0.1) is 0 Å². The normalized spacial score (nSPS) is 34.8. The maximum absolute atomic E-state index is 12.0. The first-order valence-electron chi connectivity index (χ1n) is 8.55. The minimum Gasteiger partial charge on any atom is -0.464 e. The number of likely N-dealkylation sites (tertiary alicyclic amines) is 1. The van der Waals surface area contributed by atoms with Gasteiger partial charge >= 0.3 is 5.97 Å². The first-order chi connectivity index (χ1) is 9.98. The van der Waals surface area contributed by atoms with Crippen LogP contribution in [0.25, 0.3) is 0 Å². The number of ether oxygens (including phenoxy) is 1. The van der Waals surface area contributed by atoms with E-state index in [9.17, 15) is 4.79 Å². The number of hydrogen-bond donors (Lipinski definition) is 0. The Hall–Kier alpha value is -0.830. The molecule has 1 aliphatic heterocycles. The van der Waals surface area contributed by atoms with Crippen molar-refractivity contribution >= 4 is 5.97 Å². The molecule has 3 nitrogen and oxygen atoms in total. The molecule has 0 bridgehead atoms. The maximum atomic E-state index is 12.0. The van der Waals surface area contributed by atoms with Crippen LogP contribution in [-0.2, 0) is 9.53 Å². The molecule has 0 aromatic heterocycles. The van der Waals surface area contributed by atoms with Crippen LogP contribution in [0.4, 0.5) is 0 Å². The quantitative estimate of drug-likeness (QED) is 0.588. The van der Waals surface area contributed by atoms with Gasteiger partial charge < -0.3 is 4.74 Å². The van der Waals surface area contributed by atoms with Crippen LogP contribution in [0.15, 0.2) is 11.6 Å². The fourth-order valence-electron chi connectivity index (χ4n) is 4.22. The number of hydrogen-bond acceptors (Lipinski definition) is 3. The van der Waals surface area contributed by atoms with Crippen molar-refractivity contribution in [1.29, 1.82) is 0 Å². The highest BCUT2D eigenvalue weighted by molar-refractivity contribution is 5.71. The van der Waals surface area contributed by atoms with Gasteiger partial charge in [0.05, 0.1) is 13.2 Å². The lowest BCUT2D eigenvalue weighted by atomic mass is 9.89. The smallest absolute Gasteiger partial charge is 0.320 e. The van der Waals surface area contributed by atoms with Gasteiger partial charge in [-0.1, -0.05) is 31.9 Å². The Morgan fingerprint density at radius 1 is 1.33 bits per heavy atom. The molecule has 21 heavy (non-hydrogen) atoms. The van der Waals surface area contributed by atoms with Crippen molar-refractivity contribution in [2.75, 3.05) is 26.2 Å². The molecule has 3 aliphatic rings. The summed E-state index contributed by atoms with van der Waals surface area (Å²) < 4.78 is 5.57. The van der Waals surface area contributed by atoms with Crippen molar-refractivity contribution in [3.63, 3.8) is 0 Å². The number of nitrogens with zero attached hydrogens (tertiary/aromatic N) is 1. The number of carbonyl (C=O) groups excluding carboxylic acids is 1. The van der Waals surface area contributed by atoms with E-state index in [1.54, 1.807) is 0 Å². The van der Waals surface area contributed by atoms with Crippen molar-refractivity contribution in [2.24, 2.45) is 23.2 Å². The van der Waals surface area contributed by atoms with Gasteiger partial charge in [-0.05, 0) is 56.5 Å². The van der Waals surface area contributed by atoms with Crippen LogP contribution in [0.3, 0.4) is 0 Å². The highest BCUT2D eigenvalue weighted by atomic mass is 16.5. The van der Waals surface area contributed by atoms with E-state index in [4.69, 9.17) is 4.74 Å². The van der Waals surface area contributed by atoms with Crippen LogP contribution in [0.2, 0.25) is 0 Å². The molecule has 1 saturated heterocycles. The van der Waals surface area contributed by atoms with Crippen molar-refractivity contribution in [3.8, 4) is 0 Å². The standard InChI is InChI=1S/C18H29NO2/c1-13-9-15-16(18(15,2)3)10-14(13)12-21-17(20)11-19-7-5-4-6-8-19/h9,14-16H,4-8,10-12H2,1-3H3. The second-order valence-corrected chi connectivity index (χ2v) is 7.82. The summed E-state index contributed by atoms with van der Waals surface area (Å²) in [5.74, 6) is 1.96. The molecule has 1 heterocycles. The number of allylic oxidation sites excluding steroid dienone is 1. The average molecular weight is 291 g/mol. The summed E-state index contributed by atoms with van der Waals surface area (Å²) in [6, 6.07) is 0. The fraction of sp³-hybridized carbons (Fsp3) is 0.833. The molecule has 0 spiro atoms. The van der Waals surface area contributed by atoms with Gasteiger partial charge in [0.1, 0.15) is 0 Å². The molecular weight excluding hydrogens is 262 g/mol. The minimum absolute atomic E-state index is 0.0399. The van der Waals surface area contributed by atoms with Gasteiger partial charge in [0.15, 0.2) is 0 Å². The second-order valence-electron chi connectivity index (χ2n) is 7.82. The Morgan fingerprint density at radius 2 is 2.05 bits per heavy atom. The lowest BCUT2D eigenvalue weighted by Gasteiger charge is -2.26. The molecule has 2 aliphatic carbocycles. The van der Waals surface area contributed by atoms with Crippen molar-refractivity contribution in [2.45, 2.75) is 46.5 Å². The lowest BCUT2D eigenvalue weighted by molar-refractivity contribution is -0.146. The van der Waals surface area contributed by atoms with Crippen LogP contribution in [0.1, 0.15) is 46.5 Å². The van der Waals surface area contributed by atoms with Crippen molar-refractivity contribution in [3.05, 3.63) is 11.6 Å². The Morgan fingerprint density at radius 3 is 2.76 bits per heavy atom. The van der Waals surface area contributed by atoms with Gasteiger partial charge in [-0.3, -0.25) is 9.69 Å². The van der Waals surface area contributed by atoms with Gasteiger partial charge in [-0.25, -0.2) is 0 Å². The zero-order valence-corrected chi connectivity index (χ0v) is 13.7. The monoisotopic (exact) mass is 291 g/mol. The molecule has 1 saturated carbocycles. The molecule has 2 fully saturated rings. The summed E-state index contributed by atoms with van der Waals surface area (Å²) >= 11 is 0. The number of esters is 1. The molecule has 3 unspecified atom stereocenters. The summed E-state index contributed by atoms with van der Waals surface area (Å²) in [6.07, 6.45) is 7.36. The van der Waals surface area contributed by atoms with Crippen LogP contribution in [0.5, 0.6) is 0 Å². The lowest BCUT2D eigenvalue weighted by Crippen LogP contribution is -2.35. The first-order valence-corrected chi connectivity index (χ1v) is 8.55. The molecule has 3 atom stereocenters. The van der Waals surface area contributed by atoms with Crippen LogP contribution in [0, 0.1) is 23.2 Å². The summed E-state index contributed by atoms with van der Waals surface area (Å²) in [6.45, 7) is 10.1. The molecule has 118 valence electrons. The zero-order chi connectivity index (χ0) is 15.0. The topological polar surface area (TPSA) is 29.5 Å². The van der Waals surface area contributed by atoms with Crippen molar-refractivity contribution in [1.82, 2.24) is 4.90 Å². The molecule has 0 aromatic carbocycles. The van der Waals surface area contributed by atoms with E-state index in [2.05, 4.69) is 31.7 Å². The Bertz CT molecular complexity index is 434. The van der Waals surface area contributed by atoms with Gasteiger partial charge in [0.2, 0.25) is 0 Å². The summed E-state index contributed by atoms with van der Waals surface area (Å²) in [4.78, 5) is 14.2. The molecule has 0 radical (unpaired) electrons. The van der Waals surface area contributed by atoms with E-state index in [1.807, 2.05) is 0 Å². The molecular formula is C18H29NO2. The van der Waals surface area contributed by atoms with Crippen LogP contribution >= 0.6 is 0 Å². The molecule has 3 rings (SSSR count). The van der Waals surface area contributed by atoms with E-state index < -0.39 is 0 Å². The fourth-order valence-corrected chi connectivity index (χ4v) is 4.22. The SMILES string of the molecule is CC1=CC2C(CC1COC(=O)CN1CCCCC1)C2(C)C. The van der Waals surface area contributed by atoms with Gasteiger partial charge in [0.25, 0.3) is 0 Å². The maximum Gasteiger partial charge on any atom is 0.320 e. The molecule has 0 aromatic rings. The Balaban J connectivity index is 1.44. The third-order valence-electron chi connectivity index (χ3n) is 6.01. The highest BCUT2D eigenvalue weighted by Crippen LogP contribution is 2.64. The number of rotatable bonds is 4. The van der Waals surface area contributed by atoms with E-state index in [0.29, 0.717) is 24.5 Å². The summed E-state index contributed by atoms with van der Waals surface area (Å²) in [5, 5.41) is 0. The minimum atomic E-state index is -0.0399. The number of piperidine rings is 1. The van der Waals surface area contributed by atoms with E-state index in [0.717, 1.165) is 24.9 Å². The number of carbonyl (C=O) groups is 1. The van der Waals surface area contributed by atoms with Gasteiger partial charge in [0, 0.05) is 5.92 Å². The van der Waals surface area contributed by atoms with Crippen molar-refractivity contribution < 1.29 is 9.53 Å². The molecule has 3 heteroatoms. The zero-order valence-electron chi connectivity index (χ0n) is 13.7. The highest BCUT2D eigenvalue weighted by Gasteiger charge is 2.58. The third-order valence-corrected chi connectivity index (χ3v) is 6.01. The predicted octanol–water partition coefficient (Wildman–Crippen LogP) is 3.25. The third kappa shape index (κ3) is 3.18. The first kappa shape index (κ1) is 15.1. The summed E-state index contributed by atoms with van der Waals surface area (Å²) in [7, 11) is 0. The summed E-state index contributed by atoms with van der Waals surface area (Å²) in [5.41, 5.74) is 1.89. The van der Waals surface area contributed by atoms with Crippen LogP contribution in [-0.4, -0.2) is 37.1 Å². The van der Waals surface area contributed by atoms with E-state index >= 15 is 0 Å². The molecule has 0 N–H and O–H groups in total. The van der Waals surface area contributed by atoms with E-state index in [1.165, 1.54) is 31.3 Å². The largest absolute Gasteiger partial charge is 0.464 e. The Labute approximate surface area is 128 Å². The Kier molecular flexibility index (Phi) is 4.13. The predicted molar refractivity (Wildman–Crippen MR) is 83.9 cm³/mol. The second kappa shape index (κ2) is 5.75. The number of fused-ring (bicyclic) bond motifs is 1. The van der Waals surface area contributed by atoms with E-state index in [-0.39, 0.29) is 5.97 Å².